The molecule has 1 amide bonds. The van der Waals surface area contributed by atoms with Gasteiger partial charge in [0.2, 0.25) is 0 Å². The molecule has 0 aliphatic rings. The van der Waals surface area contributed by atoms with E-state index in [1.165, 1.54) is 0 Å². The minimum Gasteiger partial charge on any atom is -0.274 e. The summed E-state index contributed by atoms with van der Waals surface area (Å²) in [7, 11) is 0. The minimum atomic E-state index is -0.255. The van der Waals surface area contributed by atoms with Crippen molar-refractivity contribution in [3.63, 3.8) is 0 Å². The Morgan fingerprint density at radius 1 is 1.00 bits per heavy atom. The smallest absolute Gasteiger partial charge is 0.274 e. The Kier molecular flexibility index (Phi) is 4.94. The van der Waals surface area contributed by atoms with Crippen molar-refractivity contribution >= 4 is 5.91 Å². The van der Waals surface area contributed by atoms with Gasteiger partial charge in [-0.05, 0) is 43.3 Å². The van der Waals surface area contributed by atoms with Gasteiger partial charge in [-0.3, -0.25) is 9.63 Å². The van der Waals surface area contributed by atoms with Crippen molar-refractivity contribution in [2.45, 2.75) is 6.92 Å². The van der Waals surface area contributed by atoms with Crippen LogP contribution in [0.4, 0.5) is 0 Å². The third kappa shape index (κ3) is 3.98. The van der Waals surface area contributed by atoms with Crippen LogP contribution in [0.15, 0.2) is 54.6 Å². The Morgan fingerprint density at radius 2 is 1.60 bits per heavy atom. The summed E-state index contributed by atoms with van der Waals surface area (Å²) in [4.78, 5) is 16.5. The fourth-order valence-electron chi connectivity index (χ4n) is 1.57. The monoisotopic (exact) mass is 265 g/mol. The van der Waals surface area contributed by atoms with E-state index in [1.807, 2.05) is 49.4 Å². The molecular formula is C17H15NO2. The van der Waals surface area contributed by atoms with Gasteiger partial charge >= 0.3 is 0 Å². The van der Waals surface area contributed by atoms with Crippen LogP contribution in [0.5, 0.6) is 0 Å². The van der Waals surface area contributed by atoms with Crippen LogP contribution in [0, 0.1) is 11.8 Å². The lowest BCUT2D eigenvalue weighted by Gasteiger charge is -2.03. The van der Waals surface area contributed by atoms with E-state index in [9.17, 15) is 4.79 Å². The second kappa shape index (κ2) is 7.13. The molecule has 0 heterocycles. The molecule has 0 aliphatic heterocycles. The molecule has 3 heteroatoms. The summed E-state index contributed by atoms with van der Waals surface area (Å²) >= 11 is 0. The Morgan fingerprint density at radius 3 is 2.20 bits per heavy atom. The van der Waals surface area contributed by atoms with Gasteiger partial charge in [-0.1, -0.05) is 30.0 Å². The first-order chi connectivity index (χ1) is 9.79. The SMILES string of the molecule is CCONC(=O)c1ccc(C#Cc2ccccc2)cc1. The van der Waals surface area contributed by atoms with Gasteiger partial charge in [-0.15, -0.1) is 0 Å². The third-order valence-corrected chi connectivity index (χ3v) is 2.58. The summed E-state index contributed by atoms with van der Waals surface area (Å²) in [6, 6.07) is 16.8. The summed E-state index contributed by atoms with van der Waals surface area (Å²) < 4.78 is 0. The third-order valence-electron chi connectivity index (χ3n) is 2.58. The van der Waals surface area contributed by atoms with Crippen LogP contribution in [0.25, 0.3) is 0 Å². The van der Waals surface area contributed by atoms with Crippen LogP contribution in [0.3, 0.4) is 0 Å². The number of amides is 1. The molecule has 20 heavy (non-hydrogen) atoms. The van der Waals surface area contributed by atoms with E-state index >= 15 is 0 Å². The van der Waals surface area contributed by atoms with E-state index in [0.717, 1.165) is 11.1 Å². The lowest BCUT2D eigenvalue weighted by atomic mass is 10.1. The molecular weight excluding hydrogens is 250 g/mol. The van der Waals surface area contributed by atoms with Gasteiger partial charge in [0.15, 0.2) is 0 Å². The molecule has 0 spiro atoms. The summed E-state index contributed by atoms with van der Waals surface area (Å²) in [5, 5.41) is 0. The lowest BCUT2D eigenvalue weighted by molar-refractivity contribution is 0.0364. The van der Waals surface area contributed by atoms with Crippen molar-refractivity contribution in [2.24, 2.45) is 0 Å². The Balaban J connectivity index is 2.06. The molecule has 0 aromatic heterocycles. The standard InChI is InChI=1S/C17H15NO2/c1-2-20-18-17(19)16-12-10-15(11-13-16)9-8-14-6-4-3-5-7-14/h3-7,10-13H,2H2,1H3,(H,18,19). The van der Waals surface area contributed by atoms with E-state index in [2.05, 4.69) is 17.3 Å². The maximum absolute atomic E-state index is 11.6. The largest absolute Gasteiger partial charge is 0.274 e. The van der Waals surface area contributed by atoms with Gasteiger partial charge < -0.3 is 0 Å². The highest BCUT2D eigenvalue weighted by Gasteiger charge is 2.03. The molecule has 2 aromatic rings. The first-order valence-electron chi connectivity index (χ1n) is 6.39. The van der Waals surface area contributed by atoms with Gasteiger partial charge in [0.25, 0.3) is 5.91 Å². The number of rotatable bonds is 3. The van der Waals surface area contributed by atoms with Crippen molar-refractivity contribution in [2.75, 3.05) is 6.61 Å². The molecule has 0 bridgehead atoms. The van der Waals surface area contributed by atoms with Gasteiger partial charge in [-0.2, -0.15) is 0 Å². The number of hydrogen-bond donors (Lipinski definition) is 1. The predicted octanol–water partition coefficient (Wildman–Crippen LogP) is 2.77. The van der Waals surface area contributed by atoms with Crippen molar-refractivity contribution in [1.82, 2.24) is 5.48 Å². The van der Waals surface area contributed by atoms with Gasteiger partial charge in [0.1, 0.15) is 0 Å². The number of carbonyl (C=O) groups is 1. The number of nitrogens with one attached hydrogen (secondary N) is 1. The molecule has 2 rings (SSSR count). The Bertz CT molecular complexity index is 622. The first-order valence-corrected chi connectivity index (χ1v) is 6.39. The highest BCUT2D eigenvalue weighted by atomic mass is 16.6. The van der Waals surface area contributed by atoms with E-state index in [4.69, 9.17) is 4.84 Å². The van der Waals surface area contributed by atoms with Crippen LogP contribution in [-0.2, 0) is 4.84 Å². The molecule has 1 N–H and O–H groups in total. The van der Waals surface area contributed by atoms with Crippen molar-refractivity contribution in [3.8, 4) is 11.8 Å². The van der Waals surface area contributed by atoms with Crippen molar-refractivity contribution in [3.05, 3.63) is 71.3 Å². The Hall–Kier alpha value is -2.57. The molecule has 0 fully saturated rings. The zero-order valence-corrected chi connectivity index (χ0v) is 11.2. The summed E-state index contributed by atoms with van der Waals surface area (Å²) in [6.07, 6.45) is 0. The fraction of sp³-hybridized carbons (Fsp3) is 0.118. The number of hydroxylamine groups is 1. The zero-order valence-electron chi connectivity index (χ0n) is 11.2. The molecule has 0 unspecified atom stereocenters. The van der Waals surface area contributed by atoms with Crippen LogP contribution < -0.4 is 5.48 Å². The van der Waals surface area contributed by atoms with Crippen LogP contribution in [-0.4, -0.2) is 12.5 Å². The molecule has 0 saturated carbocycles. The molecule has 0 saturated heterocycles. The maximum atomic E-state index is 11.6. The second-order valence-electron chi connectivity index (χ2n) is 4.06. The molecule has 100 valence electrons. The number of hydrogen-bond acceptors (Lipinski definition) is 2. The van der Waals surface area contributed by atoms with Gasteiger partial charge in [-0.25, -0.2) is 5.48 Å². The summed E-state index contributed by atoms with van der Waals surface area (Å²) in [6.45, 7) is 2.24. The van der Waals surface area contributed by atoms with E-state index < -0.39 is 0 Å². The molecule has 0 aliphatic carbocycles. The highest BCUT2D eigenvalue weighted by Crippen LogP contribution is 2.04. The topological polar surface area (TPSA) is 38.3 Å². The average Bonchev–Trinajstić information content (AvgIpc) is 2.52. The maximum Gasteiger partial charge on any atom is 0.274 e. The highest BCUT2D eigenvalue weighted by molar-refractivity contribution is 5.93. The van der Waals surface area contributed by atoms with E-state index in [0.29, 0.717) is 12.2 Å². The molecule has 0 radical (unpaired) electrons. The van der Waals surface area contributed by atoms with Crippen molar-refractivity contribution < 1.29 is 9.63 Å². The predicted molar refractivity (Wildman–Crippen MR) is 78.0 cm³/mol. The van der Waals surface area contributed by atoms with Crippen LogP contribution in [0.2, 0.25) is 0 Å². The van der Waals surface area contributed by atoms with Gasteiger partial charge in [0, 0.05) is 16.7 Å². The average molecular weight is 265 g/mol. The quantitative estimate of drug-likeness (QED) is 0.684. The molecule has 3 nitrogen and oxygen atoms in total. The molecule has 0 atom stereocenters. The van der Waals surface area contributed by atoms with E-state index in [1.54, 1.807) is 12.1 Å². The number of benzene rings is 2. The number of carbonyl (C=O) groups excluding carboxylic acids is 1. The first kappa shape index (κ1) is 13.9. The van der Waals surface area contributed by atoms with E-state index in [-0.39, 0.29) is 5.91 Å². The van der Waals surface area contributed by atoms with Crippen LogP contribution >= 0.6 is 0 Å². The lowest BCUT2D eigenvalue weighted by Crippen LogP contribution is -2.23. The zero-order chi connectivity index (χ0) is 14.2. The van der Waals surface area contributed by atoms with Crippen LogP contribution in [0.1, 0.15) is 28.4 Å². The summed E-state index contributed by atoms with van der Waals surface area (Å²) in [5.74, 6) is 5.87. The second-order valence-corrected chi connectivity index (χ2v) is 4.06. The Labute approximate surface area is 118 Å². The van der Waals surface area contributed by atoms with Crippen molar-refractivity contribution in [1.29, 1.82) is 0 Å². The fourth-order valence-corrected chi connectivity index (χ4v) is 1.57. The minimum absolute atomic E-state index is 0.255. The summed E-state index contributed by atoms with van der Waals surface area (Å²) in [5.41, 5.74) is 4.72. The van der Waals surface area contributed by atoms with Gasteiger partial charge in [0.05, 0.1) is 6.61 Å². The normalized spacial score (nSPS) is 9.45. The molecule has 2 aromatic carbocycles.